The van der Waals surface area contributed by atoms with Crippen molar-refractivity contribution in [2.75, 3.05) is 27.1 Å². The summed E-state index contributed by atoms with van der Waals surface area (Å²) in [4.78, 5) is 12.8. The van der Waals surface area contributed by atoms with Gasteiger partial charge in [-0.2, -0.15) is 0 Å². The Kier molecular flexibility index (Phi) is 7.66. The second-order valence-electron chi connectivity index (χ2n) is 11.0. The van der Waals surface area contributed by atoms with Crippen LogP contribution in [0.25, 0.3) is 0 Å². The smallest absolute Gasteiger partial charge is 0.192 e. The zero-order valence-electron chi connectivity index (χ0n) is 19.9. The molecule has 2 saturated carbocycles. The molecule has 2 bridgehead atoms. The molecule has 0 aromatic carbocycles. The second kappa shape index (κ2) is 9.53. The summed E-state index contributed by atoms with van der Waals surface area (Å²) in [7, 11) is -0.268. The maximum atomic E-state index is 12.8. The van der Waals surface area contributed by atoms with Gasteiger partial charge in [0.1, 0.15) is 12.6 Å². The number of hydrogen-bond acceptors (Lipinski definition) is 5. The molecule has 1 spiro atoms. The molecule has 3 aliphatic carbocycles. The molecule has 6 heteroatoms. The summed E-state index contributed by atoms with van der Waals surface area (Å²) >= 11 is 0. The van der Waals surface area contributed by atoms with Gasteiger partial charge >= 0.3 is 0 Å². The summed E-state index contributed by atoms with van der Waals surface area (Å²) < 4.78 is 23.6. The van der Waals surface area contributed by atoms with Crippen LogP contribution in [0.2, 0.25) is 18.1 Å². The van der Waals surface area contributed by atoms with Crippen LogP contribution >= 0.6 is 0 Å². The molecule has 3 aliphatic rings. The lowest BCUT2D eigenvalue weighted by molar-refractivity contribution is -0.123. The number of carbonyl (C=O) groups excluding carboxylic acids is 1. The number of fused-ring (bicyclic) bond motifs is 1. The summed E-state index contributed by atoms with van der Waals surface area (Å²) in [6.45, 7) is 13.0. The first kappa shape index (κ1) is 24.1. The molecule has 0 heterocycles. The zero-order valence-corrected chi connectivity index (χ0v) is 20.9. The highest BCUT2D eigenvalue weighted by atomic mass is 28.4. The van der Waals surface area contributed by atoms with Gasteiger partial charge < -0.3 is 18.6 Å². The third-order valence-corrected chi connectivity index (χ3v) is 12.4. The number of hydrogen-bond donors (Lipinski definition) is 0. The first-order chi connectivity index (χ1) is 14.1. The fraction of sp³-hybridized carbons (Fsp3) is 0.875. The number of rotatable bonds is 8. The predicted molar refractivity (Wildman–Crippen MR) is 121 cm³/mol. The molecule has 4 atom stereocenters. The van der Waals surface area contributed by atoms with Crippen molar-refractivity contribution in [3.05, 3.63) is 11.6 Å². The molecule has 0 saturated heterocycles. The van der Waals surface area contributed by atoms with E-state index in [0.717, 1.165) is 32.1 Å². The van der Waals surface area contributed by atoms with Crippen LogP contribution in [0.5, 0.6) is 0 Å². The largest absolute Gasteiger partial charge is 0.413 e. The highest BCUT2D eigenvalue weighted by Gasteiger charge is 2.55. The fourth-order valence-electron chi connectivity index (χ4n) is 5.19. The van der Waals surface area contributed by atoms with Crippen LogP contribution in [-0.4, -0.2) is 53.4 Å². The van der Waals surface area contributed by atoms with E-state index < -0.39 is 8.32 Å². The monoisotopic (exact) mass is 438 g/mol. The van der Waals surface area contributed by atoms with Crippen molar-refractivity contribution in [1.82, 2.24) is 0 Å². The lowest BCUT2D eigenvalue weighted by Crippen LogP contribution is -2.55. The van der Waals surface area contributed by atoms with Crippen LogP contribution in [0.3, 0.4) is 0 Å². The predicted octanol–water partition coefficient (Wildman–Crippen LogP) is 5.25. The number of ketones is 1. The molecule has 5 nitrogen and oxygen atoms in total. The maximum Gasteiger partial charge on any atom is 0.192 e. The third-order valence-electron chi connectivity index (χ3n) is 7.99. The van der Waals surface area contributed by atoms with Crippen molar-refractivity contribution in [2.24, 2.45) is 11.3 Å². The molecule has 3 unspecified atom stereocenters. The Hall–Kier alpha value is -0.533. The first-order valence-electron chi connectivity index (χ1n) is 11.7. The second-order valence-corrected chi connectivity index (χ2v) is 15.7. The molecular weight excluding hydrogens is 396 g/mol. The van der Waals surface area contributed by atoms with Crippen molar-refractivity contribution in [3.63, 3.8) is 0 Å². The average Bonchev–Trinajstić information content (AvgIpc) is 2.73. The average molecular weight is 439 g/mol. The molecule has 0 aromatic rings. The van der Waals surface area contributed by atoms with Crippen molar-refractivity contribution >= 4 is 14.1 Å². The van der Waals surface area contributed by atoms with E-state index in [-0.39, 0.29) is 29.5 Å². The Bertz CT molecular complexity index is 638. The maximum absolute atomic E-state index is 12.8. The molecule has 30 heavy (non-hydrogen) atoms. The number of ether oxygens (including phenoxy) is 3. The SMILES string of the molecule is COCCOCO[C@@H]1C=C2CCC3CCC(=O)CC2(CC1)C3O[Si](C)(C)C(C)(C)C. The first-order valence-corrected chi connectivity index (χ1v) is 14.6. The van der Waals surface area contributed by atoms with E-state index in [0.29, 0.717) is 37.8 Å². The van der Waals surface area contributed by atoms with Crippen molar-refractivity contribution in [1.29, 1.82) is 0 Å². The van der Waals surface area contributed by atoms with Gasteiger partial charge in [-0.3, -0.25) is 4.79 Å². The minimum atomic E-state index is -1.94. The topological polar surface area (TPSA) is 54.0 Å². The van der Waals surface area contributed by atoms with Crippen LogP contribution in [0.15, 0.2) is 11.6 Å². The van der Waals surface area contributed by atoms with Gasteiger partial charge in [0.25, 0.3) is 0 Å². The normalized spacial score (nSPS) is 32.4. The number of methoxy groups -OCH3 is 1. The number of carbonyl (C=O) groups is 1. The summed E-state index contributed by atoms with van der Waals surface area (Å²) in [5.74, 6) is 0.911. The van der Waals surface area contributed by atoms with E-state index in [2.05, 4.69) is 39.9 Å². The van der Waals surface area contributed by atoms with Crippen molar-refractivity contribution in [2.45, 2.75) is 96.1 Å². The summed E-state index contributed by atoms with van der Waals surface area (Å²) in [5, 5.41) is 0.165. The van der Waals surface area contributed by atoms with Gasteiger partial charge in [0.15, 0.2) is 8.32 Å². The van der Waals surface area contributed by atoms with E-state index >= 15 is 0 Å². The highest BCUT2D eigenvalue weighted by Crippen LogP contribution is 2.57. The lowest BCUT2D eigenvalue weighted by atomic mass is 9.58. The lowest BCUT2D eigenvalue weighted by Gasteiger charge is -2.54. The Labute approximate surface area is 184 Å². The van der Waals surface area contributed by atoms with Gasteiger partial charge in [0.2, 0.25) is 0 Å². The molecule has 0 N–H and O–H groups in total. The van der Waals surface area contributed by atoms with Gasteiger partial charge in [-0.05, 0) is 56.2 Å². The molecule has 0 amide bonds. The molecule has 0 aromatic heterocycles. The van der Waals surface area contributed by atoms with E-state index in [1.54, 1.807) is 7.11 Å². The van der Waals surface area contributed by atoms with E-state index in [1.807, 2.05) is 0 Å². The molecule has 3 rings (SSSR count). The fourth-order valence-corrected chi connectivity index (χ4v) is 6.60. The van der Waals surface area contributed by atoms with Gasteiger partial charge in [-0.1, -0.05) is 32.4 Å². The van der Waals surface area contributed by atoms with E-state index in [9.17, 15) is 4.79 Å². The third kappa shape index (κ3) is 5.09. The Morgan fingerprint density at radius 2 is 1.87 bits per heavy atom. The van der Waals surface area contributed by atoms with Crippen LogP contribution in [0.1, 0.15) is 65.7 Å². The highest BCUT2D eigenvalue weighted by molar-refractivity contribution is 6.74. The van der Waals surface area contributed by atoms with Crippen LogP contribution in [0, 0.1) is 11.3 Å². The number of Topliss-reactive ketones (excluding diaryl/α,β-unsaturated/α-hetero) is 1. The molecule has 0 aliphatic heterocycles. The summed E-state index contributed by atoms with van der Waals surface area (Å²) in [5.41, 5.74) is 1.29. The van der Waals surface area contributed by atoms with E-state index in [4.69, 9.17) is 18.6 Å². The van der Waals surface area contributed by atoms with E-state index in [1.165, 1.54) is 5.57 Å². The Balaban J connectivity index is 1.81. The van der Waals surface area contributed by atoms with Gasteiger partial charge in [-0.15, -0.1) is 0 Å². The zero-order chi connectivity index (χ0) is 22.0. The van der Waals surface area contributed by atoms with Crippen LogP contribution in [0.4, 0.5) is 0 Å². The minimum absolute atomic E-state index is 0.0663. The van der Waals surface area contributed by atoms with Gasteiger partial charge in [-0.25, -0.2) is 0 Å². The Morgan fingerprint density at radius 3 is 2.57 bits per heavy atom. The standard InChI is InChI=1S/C24H42O5Si/c1-23(2,3)30(5,6)29-22-18-7-9-19-15-21(28-17-27-14-13-26-4)11-12-24(19,22)16-20(25)10-8-18/h15,18,21-22H,7-14,16-17H2,1-6H3/t18?,21-,22?,24?/m0/s1. The van der Waals surface area contributed by atoms with Crippen LogP contribution in [-0.2, 0) is 23.4 Å². The van der Waals surface area contributed by atoms with Crippen molar-refractivity contribution < 1.29 is 23.4 Å². The molecule has 2 fully saturated rings. The summed E-state index contributed by atoms with van der Waals surface area (Å²) in [6, 6.07) is 0. The molecule has 0 radical (unpaired) electrons. The molecular formula is C24H42O5Si. The molecule has 172 valence electrons. The van der Waals surface area contributed by atoms with Gasteiger partial charge in [0, 0.05) is 25.4 Å². The van der Waals surface area contributed by atoms with Gasteiger partial charge in [0.05, 0.1) is 25.4 Å². The summed E-state index contributed by atoms with van der Waals surface area (Å²) in [6.07, 6.45) is 8.98. The minimum Gasteiger partial charge on any atom is -0.413 e. The van der Waals surface area contributed by atoms with Crippen molar-refractivity contribution in [3.8, 4) is 0 Å². The Morgan fingerprint density at radius 1 is 1.13 bits per heavy atom. The quantitative estimate of drug-likeness (QED) is 0.224. The van der Waals surface area contributed by atoms with Crippen LogP contribution < -0.4 is 0 Å².